The van der Waals surface area contributed by atoms with Gasteiger partial charge in [-0.3, -0.25) is 9.89 Å². The number of fused-ring (bicyclic) bond motifs is 1. The number of aryl methyl sites for hydroxylation is 2. The van der Waals surface area contributed by atoms with Crippen molar-refractivity contribution in [1.29, 1.82) is 0 Å². The number of aromatic amines is 2. The van der Waals surface area contributed by atoms with Crippen LogP contribution >= 0.6 is 0 Å². The highest BCUT2D eigenvalue weighted by molar-refractivity contribution is 5.77. The molecule has 5 heteroatoms. The quantitative estimate of drug-likeness (QED) is 0.454. The maximum atomic E-state index is 13.1. The summed E-state index contributed by atoms with van der Waals surface area (Å²) in [6, 6.07) is 24.7. The Morgan fingerprint density at radius 1 is 0.900 bits per heavy atom. The van der Waals surface area contributed by atoms with Crippen LogP contribution in [0.3, 0.4) is 0 Å². The number of hydrogen-bond acceptors (Lipinski definition) is 2. The largest absolute Gasteiger partial charge is 0.322 e. The second kappa shape index (κ2) is 7.19. The van der Waals surface area contributed by atoms with E-state index in [0.29, 0.717) is 12.4 Å². The third kappa shape index (κ3) is 3.24. The molecule has 0 bridgehead atoms. The van der Waals surface area contributed by atoms with Crippen molar-refractivity contribution in [3.8, 4) is 17.1 Å². The van der Waals surface area contributed by atoms with E-state index in [9.17, 15) is 4.79 Å². The molecule has 0 saturated heterocycles. The lowest BCUT2D eigenvalue weighted by Gasteiger charge is -2.04. The first kappa shape index (κ1) is 18.2. The van der Waals surface area contributed by atoms with Crippen molar-refractivity contribution in [3.63, 3.8) is 0 Å². The Morgan fingerprint density at radius 2 is 1.63 bits per heavy atom. The molecule has 2 heterocycles. The number of aromatic nitrogens is 4. The summed E-state index contributed by atoms with van der Waals surface area (Å²) in [6.07, 6.45) is 0.572. The molecule has 0 spiro atoms. The van der Waals surface area contributed by atoms with Gasteiger partial charge in [-0.15, -0.1) is 0 Å². The molecule has 2 aromatic heterocycles. The summed E-state index contributed by atoms with van der Waals surface area (Å²) in [5.41, 5.74) is 7.88. The minimum atomic E-state index is -0.0737. The zero-order valence-electron chi connectivity index (χ0n) is 16.9. The van der Waals surface area contributed by atoms with Gasteiger partial charge < -0.3 is 4.98 Å². The third-order valence-corrected chi connectivity index (χ3v) is 5.47. The van der Waals surface area contributed by atoms with E-state index in [4.69, 9.17) is 0 Å². The smallest absolute Gasteiger partial charge is 0.277 e. The van der Waals surface area contributed by atoms with Crippen molar-refractivity contribution in [2.75, 3.05) is 0 Å². The summed E-state index contributed by atoms with van der Waals surface area (Å²) < 4.78 is 1.50. The van der Waals surface area contributed by atoms with Crippen LogP contribution in [0.1, 0.15) is 22.4 Å². The number of nitrogens with zero attached hydrogens (tertiary/aromatic N) is 2. The molecular weight excluding hydrogens is 372 g/mol. The molecule has 2 N–H and O–H groups in total. The first-order valence-corrected chi connectivity index (χ1v) is 10.00. The van der Waals surface area contributed by atoms with Crippen LogP contribution in [0.5, 0.6) is 0 Å². The monoisotopic (exact) mass is 394 g/mol. The average molecular weight is 394 g/mol. The molecule has 0 aliphatic rings. The summed E-state index contributed by atoms with van der Waals surface area (Å²) in [6.45, 7) is 3.96. The number of rotatable bonds is 4. The summed E-state index contributed by atoms with van der Waals surface area (Å²) >= 11 is 0. The summed E-state index contributed by atoms with van der Waals surface area (Å²) in [5, 5.41) is 3.17. The Kier molecular flexibility index (Phi) is 4.36. The minimum Gasteiger partial charge on any atom is -0.322 e. The van der Waals surface area contributed by atoms with Crippen molar-refractivity contribution < 1.29 is 0 Å². The van der Waals surface area contributed by atoms with E-state index in [-0.39, 0.29) is 5.56 Å². The molecule has 0 atom stereocenters. The van der Waals surface area contributed by atoms with Crippen LogP contribution in [0.4, 0.5) is 0 Å². The van der Waals surface area contributed by atoms with Crippen molar-refractivity contribution in [3.05, 3.63) is 106 Å². The maximum absolute atomic E-state index is 13.1. The second-order valence-electron chi connectivity index (χ2n) is 7.68. The molecule has 0 amide bonds. The van der Waals surface area contributed by atoms with Gasteiger partial charge in [0.25, 0.3) is 5.56 Å². The maximum Gasteiger partial charge on any atom is 0.277 e. The van der Waals surface area contributed by atoms with E-state index in [1.54, 1.807) is 0 Å². The minimum absolute atomic E-state index is 0.0737. The number of nitrogens with one attached hydrogen (secondary N) is 2. The topological polar surface area (TPSA) is 66.5 Å². The molecule has 5 nitrogen and oxygen atoms in total. The molecule has 5 rings (SSSR count). The number of imidazole rings is 1. The first-order valence-electron chi connectivity index (χ1n) is 10.00. The molecule has 5 aromatic rings. The van der Waals surface area contributed by atoms with E-state index in [1.165, 1.54) is 15.8 Å². The number of hydrogen-bond donors (Lipinski definition) is 2. The van der Waals surface area contributed by atoms with E-state index in [0.717, 1.165) is 33.4 Å². The Balaban J connectivity index is 1.46. The Hall–Kier alpha value is -3.86. The van der Waals surface area contributed by atoms with E-state index in [2.05, 4.69) is 51.5 Å². The molecule has 30 heavy (non-hydrogen) atoms. The van der Waals surface area contributed by atoms with Gasteiger partial charge >= 0.3 is 0 Å². The Labute approximate surface area is 174 Å². The fourth-order valence-electron chi connectivity index (χ4n) is 3.80. The summed E-state index contributed by atoms with van der Waals surface area (Å²) in [7, 11) is 0. The van der Waals surface area contributed by atoms with Gasteiger partial charge in [-0.25, -0.2) is 4.98 Å². The second-order valence-corrected chi connectivity index (χ2v) is 7.68. The lowest BCUT2D eigenvalue weighted by molar-refractivity contribution is 0.790. The van der Waals surface area contributed by atoms with Gasteiger partial charge in [-0.1, -0.05) is 60.7 Å². The molecule has 0 aliphatic heterocycles. The van der Waals surface area contributed by atoms with Crippen molar-refractivity contribution in [2.24, 2.45) is 0 Å². The lowest BCUT2D eigenvalue weighted by Crippen LogP contribution is -2.18. The first-order chi connectivity index (χ1) is 14.6. The van der Waals surface area contributed by atoms with Gasteiger partial charge in [-0.05, 0) is 48.2 Å². The van der Waals surface area contributed by atoms with Crippen molar-refractivity contribution >= 4 is 11.0 Å². The molecule has 148 valence electrons. The summed E-state index contributed by atoms with van der Waals surface area (Å²) in [4.78, 5) is 20.9. The normalized spacial score (nSPS) is 11.3. The standard InChI is InChI=1S/C25H22N4O/c1-16-8-13-22-23(14-16)27-25(26-22)29-24(30)21(17(2)28-29)15-18-9-11-20(12-10-18)19-6-4-3-5-7-19/h3-14,28H,15H2,1-2H3,(H,26,27). The van der Waals surface area contributed by atoms with Crippen molar-refractivity contribution in [2.45, 2.75) is 20.3 Å². The number of H-pyrrole nitrogens is 2. The highest BCUT2D eigenvalue weighted by atomic mass is 16.1. The SMILES string of the molecule is Cc1ccc2nc(-n3[nH]c(C)c(Cc4ccc(-c5ccccc5)cc4)c3=O)[nH]c2c1. The van der Waals surface area contributed by atoms with Crippen molar-refractivity contribution in [1.82, 2.24) is 19.7 Å². The predicted molar refractivity (Wildman–Crippen MR) is 120 cm³/mol. The van der Waals surface area contributed by atoms with Crippen LogP contribution in [0.25, 0.3) is 28.1 Å². The molecule has 0 saturated carbocycles. The van der Waals surface area contributed by atoms with Crippen LogP contribution in [-0.4, -0.2) is 19.7 Å². The van der Waals surface area contributed by atoms with Gasteiger partial charge in [0.1, 0.15) is 0 Å². The third-order valence-electron chi connectivity index (χ3n) is 5.47. The Morgan fingerprint density at radius 3 is 2.40 bits per heavy atom. The fourth-order valence-corrected chi connectivity index (χ4v) is 3.80. The molecule has 0 unspecified atom stereocenters. The highest BCUT2D eigenvalue weighted by Crippen LogP contribution is 2.21. The summed E-state index contributed by atoms with van der Waals surface area (Å²) in [5.74, 6) is 0.509. The fraction of sp³-hybridized carbons (Fsp3) is 0.120. The van der Waals surface area contributed by atoms with E-state index < -0.39 is 0 Å². The lowest BCUT2D eigenvalue weighted by atomic mass is 10.0. The zero-order chi connectivity index (χ0) is 20.7. The molecule has 0 radical (unpaired) electrons. The van der Waals surface area contributed by atoms with Crippen LogP contribution in [0.15, 0.2) is 77.6 Å². The van der Waals surface area contributed by atoms with Gasteiger partial charge in [-0.2, -0.15) is 4.68 Å². The van der Waals surface area contributed by atoms with Gasteiger partial charge in [0.2, 0.25) is 5.95 Å². The molecule has 0 fully saturated rings. The van der Waals surface area contributed by atoms with E-state index in [1.807, 2.05) is 50.2 Å². The highest BCUT2D eigenvalue weighted by Gasteiger charge is 2.15. The van der Waals surface area contributed by atoms with Gasteiger partial charge in [0.05, 0.1) is 11.0 Å². The van der Waals surface area contributed by atoms with Gasteiger partial charge in [0.15, 0.2) is 0 Å². The molecular formula is C25H22N4O. The Bertz CT molecular complexity index is 1390. The van der Waals surface area contributed by atoms with Crippen LogP contribution in [0, 0.1) is 13.8 Å². The van der Waals surface area contributed by atoms with Crippen LogP contribution < -0.4 is 5.56 Å². The molecule has 3 aromatic carbocycles. The van der Waals surface area contributed by atoms with Gasteiger partial charge in [0, 0.05) is 17.7 Å². The molecule has 0 aliphatic carbocycles. The zero-order valence-corrected chi connectivity index (χ0v) is 16.9. The van der Waals surface area contributed by atoms with Crippen LogP contribution in [0.2, 0.25) is 0 Å². The van der Waals surface area contributed by atoms with E-state index >= 15 is 0 Å². The average Bonchev–Trinajstić information content (AvgIpc) is 3.30. The number of benzene rings is 3. The van der Waals surface area contributed by atoms with Crippen LogP contribution in [-0.2, 0) is 6.42 Å². The predicted octanol–water partition coefficient (Wildman–Crippen LogP) is 4.92.